The van der Waals surface area contributed by atoms with Crippen LogP contribution in [-0.2, 0) is 14.3 Å². The van der Waals surface area contributed by atoms with E-state index in [1.165, 1.54) is 14.0 Å². The third-order valence-electron chi connectivity index (χ3n) is 3.44. The van der Waals surface area contributed by atoms with Crippen LogP contribution in [0.3, 0.4) is 0 Å². The Morgan fingerprint density at radius 1 is 1.10 bits per heavy atom. The van der Waals surface area contributed by atoms with E-state index in [0.717, 1.165) is 12.0 Å². The van der Waals surface area contributed by atoms with Crippen molar-refractivity contribution in [2.24, 2.45) is 0 Å². The molecule has 0 saturated heterocycles. The first-order valence-electron chi connectivity index (χ1n) is 6.50. The van der Waals surface area contributed by atoms with E-state index < -0.39 is 5.97 Å². The number of carbonyl (C=O) groups is 3. The van der Waals surface area contributed by atoms with Crippen molar-refractivity contribution >= 4 is 23.1 Å². The number of ketones is 2. The van der Waals surface area contributed by atoms with Gasteiger partial charge in [0.15, 0.2) is 11.6 Å². The number of allylic oxidation sites excluding steroid dienone is 1. The highest BCUT2D eigenvalue weighted by Crippen LogP contribution is 2.31. The summed E-state index contributed by atoms with van der Waals surface area (Å²) in [6.07, 6.45) is 1.76. The van der Waals surface area contributed by atoms with Gasteiger partial charge in [0.25, 0.3) is 0 Å². The number of esters is 1. The zero-order valence-electron chi connectivity index (χ0n) is 11.6. The van der Waals surface area contributed by atoms with Crippen molar-refractivity contribution in [3.05, 3.63) is 41.0 Å². The largest absolute Gasteiger partial charge is 0.465 e. The van der Waals surface area contributed by atoms with Gasteiger partial charge in [-0.2, -0.15) is 0 Å². The van der Waals surface area contributed by atoms with Crippen LogP contribution in [0.5, 0.6) is 0 Å². The van der Waals surface area contributed by atoms with E-state index in [1.807, 2.05) is 0 Å². The fourth-order valence-corrected chi connectivity index (χ4v) is 2.38. The van der Waals surface area contributed by atoms with Crippen molar-refractivity contribution < 1.29 is 19.1 Å². The van der Waals surface area contributed by atoms with Crippen LogP contribution in [0.25, 0.3) is 5.57 Å². The Bertz CT molecular complexity index is 593. The van der Waals surface area contributed by atoms with E-state index in [0.29, 0.717) is 24.0 Å². The maximum atomic E-state index is 11.9. The lowest BCUT2D eigenvalue weighted by atomic mass is 9.86. The summed E-state index contributed by atoms with van der Waals surface area (Å²) in [6.45, 7) is 1.50. The van der Waals surface area contributed by atoms with Crippen molar-refractivity contribution in [1.82, 2.24) is 0 Å². The number of methoxy groups -OCH3 is 1. The van der Waals surface area contributed by atoms with E-state index in [4.69, 9.17) is 4.74 Å². The predicted molar refractivity (Wildman–Crippen MR) is 74.2 cm³/mol. The van der Waals surface area contributed by atoms with Crippen LogP contribution >= 0.6 is 0 Å². The molecule has 4 heteroatoms. The topological polar surface area (TPSA) is 60.4 Å². The zero-order chi connectivity index (χ0) is 14.7. The standard InChI is InChI=1S/C16H16O4/c1-10(17)11-6-8-12(9-7-11)13-4-3-5-14(18)15(13)16(19)20-2/h6-9H,3-5H2,1-2H3. The Balaban J connectivity index is 2.48. The van der Waals surface area contributed by atoms with Crippen molar-refractivity contribution in [3.63, 3.8) is 0 Å². The minimum Gasteiger partial charge on any atom is -0.465 e. The highest BCUT2D eigenvalue weighted by Gasteiger charge is 2.27. The molecule has 0 aromatic heterocycles. The summed E-state index contributed by atoms with van der Waals surface area (Å²) in [5.74, 6) is -0.771. The highest BCUT2D eigenvalue weighted by molar-refractivity contribution is 6.23. The first kappa shape index (κ1) is 14.2. The number of rotatable bonds is 3. The fourth-order valence-electron chi connectivity index (χ4n) is 2.38. The third-order valence-corrected chi connectivity index (χ3v) is 3.44. The molecule has 0 unspecified atom stereocenters. The van der Waals surface area contributed by atoms with Gasteiger partial charge in [0, 0.05) is 12.0 Å². The van der Waals surface area contributed by atoms with Crippen LogP contribution in [0, 0.1) is 0 Å². The van der Waals surface area contributed by atoms with Gasteiger partial charge in [-0.3, -0.25) is 9.59 Å². The smallest absolute Gasteiger partial charge is 0.341 e. The maximum Gasteiger partial charge on any atom is 0.341 e. The Morgan fingerprint density at radius 2 is 1.75 bits per heavy atom. The molecule has 1 aromatic carbocycles. The van der Waals surface area contributed by atoms with E-state index in [2.05, 4.69) is 0 Å². The molecule has 0 radical (unpaired) electrons. The molecule has 0 N–H and O–H groups in total. The number of hydrogen-bond acceptors (Lipinski definition) is 4. The van der Waals surface area contributed by atoms with Gasteiger partial charge < -0.3 is 4.74 Å². The number of hydrogen-bond donors (Lipinski definition) is 0. The van der Waals surface area contributed by atoms with Gasteiger partial charge in [-0.25, -0.2) is 4.79 Å². The molecular formula is C16H16O4. The minimum atomic E-state index is -0.583. The summed E-state index contributed by atoms with van der Waals surface area (Å²) >= 11 is 0. The Labute approximate surface area is 117 Å². The molecule has 1 aliphatic rings. The summed E-state index contributed by atoms with van der Waals surface area (Å²) in [4.78, 5) is 35.0. The number of carbonyl (C=O) groups excluding carboxylic acids is 3. The lowest BCUT2D eigenvalue weighted by Gasteiger charge is -2.18. The molecule has 0 spiro atoms. The summed E-state index contributed by atoms with van der Waals surface area (Å²) in [6, 6.07) is 6.96. The summed E-state index contributed by atoms with van der Waals surface area (Å²) < 4.78 is 4.70. The van der Waals surface area contributed by atoms with E-state index in [1.54, 1.807) is 24.3 Å². The molecule has 1 aromatic rings. The zero-order valence-corrected chi connectivity index (χ0v) is 11.6. The monoisotopic (exact) mass is 272 g/mol. The van der Waals surface area contributed by atoms with Gasteiger partial charge in [-0.1, -0.05) is 24.3 Å². The first-order valence-corrected chi connectivity index (χ1v) is 6.50. The molecule has 0 bridgehead atoms. The van der Waals surface area contributed by atoms with Crippen LogP contribution in [0.1, 0.15) is 42.1 Å². The molecule has 0 atom stereocenters. The lowest BCUT2D eigenvalue weighted by Crippen LogP contribution is -2.20. The molecule has 4 nitrogen and oxygen atoms in total. The van der Waals surface area contributed by atoms with Crippen molar-refractivity contribution in [2.45, 2.75) is 26.2 Å². The average Bonchev–Trinajstić information content (AvgIpc) is 2.46. The summed E-state index contributed by atoms with van der Waals surface area (Å²) in [5.41, 5.74) is 2.26. The van der Waals surface area contributed by atoms with Crippen molar-refractivity contribution in [3.8, 4) is 0 Å². The van der Waals surface area contributed by atoms with Crippen LogP contribution in [0.4, 0.5) is 0 Å². The predicted octanol–water partition coefficient (Wildman–Crippen LogP) is 2.57. The van der Waals surface area contributed by atoms with Gasteiger partial charge in [0.2, 0.25) is 0 Å². The Hall–Kier alpha value is -2.23. The second-order valence-electron chi connectivity index (χ2n) is 4.76. The second-order valence-corrected chi connectivity index (χ2v) is 4.76. The van der Waals surface area contributed by atoms with Gasteiger partial charge in [0.05, 0.1) is 7.11 Å². The molecule has 20 heavy (non-hydrogen) atoms. The molecule has 104 valence electrons. The highest BCUT2D eigenvalue weighted by atomic mass is 16.5. The first-order chi connectivity index (χ1) is 9.54. The number of Topliss-reactive ketones (excluding diaryl/α,β-unsaturated/α-hetero) is 2. The maximum absolute atomic E-state index is 11.9. The Morgan fingerprint density at radius 3 is 2.30 bits per heavy atom. The minimum absolute atomic E-state index is 0.0153. The quantitative estimate of drug-likeness (QED) is 0.482. The van der Waals surface area contributed by atoms with Gasteiger partial charge in [-0.05, 0) is 30.9 Å². The van der Waals surface area contributed by atoms with E-state index >= 15 is 0 Å². The lowest BCUT2D eigenvalue weighted by molar-refractivity contribution is -0.137. The average molecular weight is 272 g/mol. The number of ether oxygens (including phenoxy) is 1. The van der Waals surface area contributed by atoms with E-state index in [9.17, 15) is 14.4 Å². The van der Waals surface area contributed by atoms with Crippen LogP contribution < -0.4 is 0 Å². The SMILES string of the molecule is COC(=O)C1=C(c2ccc(C(C)=O)cc2)CCCC1=O. The molecule has 0 aliphatic heterocycles. The fraction of sp³-hybridized carbons (Fsp3) is 0.312. The molecular weight excluding hydrogens is 256 g/mol. The van der Waals surface area contributed by atoms with Gasteiger partial charge in [-0.15, -0.1) is 0 Å². The molecule has 1 aliphatic carbocycles. The van der Waals surface area contributed by atoms with Crippen LogP contribution in [-0.4, -0.2) is 24.6 Å². The molecule has 0 amide bonds. The molecule has 0 heterocycles. The Kier molecular flexibility index (Phi) is 4.13. The van der Waals surface area contributed by atoms with Crippen molar-refractivity contribution in [1.29, 1.82) is 0 Å². The molecule has 0 saturated carbocycles. The normalized spacial score (nSPS) is 15.2. The van der Waals surface area contributed by atoms with Crippen LogP contribution in [0.15, 0.2) is 29.8 Å². The number of benzene rings is 1. The molecule has 0 fully saturated rings. The summed E-state index contributed by atoms with van der Waals surface area (Å²) in [7, 11) is 1.27. The molecule has 2 rings (SSSR count). The van der Waals surface area contributed by atoms with Crippen molar-refractivity contribution in [2.75, 3.05) is 7.11 Å². The van der Waals surface area contributed by atoms with E-state index in [-0.39, 0.29) is 17.1 Å². The summed E-state index contributed by atoms with van der Waals surface area (Å²) in [5, 5.41) is 0. The van der Waals surface area contributed by atoms with Crippen LogP contribution in [0.2, 0.25) is 0 Å². The van der Waals surface area contributed by atoms with Gasteiger partial charge >= 0.3 is 5.97 Å². The third kappa shape index (κ3) is 2.69. The van der Waals surface area contributed by atoms with Gasteiger partial charge in [0.1, 0.15) is 5.57 Å². The second kappa shape index (κ2) is 5.82.